The molecule has 2 amide bonds. The standard InChI is InChI=1S/C8H9NO.CH4N2O/c9-6-8(10)7-4-2-1-3-5-7;2-1(3)4/h1-5H,6,9H2;(H4,2,3,4). The number of hydrogen-bond acceptors (Lipinski definition) is 3. The van der Waals surface area contributed by atoms with Gasteiger partial charge in [-0.3, -0.25) is 4.79 Å². The molecule has 0 saturated heterocycles. The Morgan fingerprint density at radius 1 is 1.07 bits per heavy atom. The van der Waals surface area contributed by atoms with E-state index >= 15 is 0 Å². The summed E-state index contributed by atoms with van der Waals surface area (Å²) in [4.78, 5) is 19.9. The number of ketones is 1. The number of amides is 2. The highest BCUT2D eigenvalue weighted by atomic mass is 16.2. The van der Waals surface area contributed by atoms with Crippen LogP contribution in [0.25, 0.3) is 0 Å². The molecule has 0 heterocycles. The van der Waals surface area contributed by atoms with Gasteiger partial charge in [0.1, 0.15) is 0 Å². The van der Waals surface area contributed by atoms with Gasteiger partial charge in [0.25, 0.3) is 0 Å². The Hall–Kier alpha value is -1.88. The molecular weight excluding hydrogens is 182 g/mol. The third-order valence-electron chi connectivity index (χ3n) is 1.28. The average Bonchev–Trinajstić information content (AvgIpc) is 2.17. The summed E-state index contributed by atoms with van der Waals surface area (Å²) in [7, 11) is 0. The molecule has 1 aromatic rings. The molecule has 1 aromatic carbocycles. The molecule has 6 N–H and O–H groups in total. The number of nitrogens with two attached hydrogens (primary N) is 3. The zero-order chi connectivity index (χ0) is 11.0. The predicted octanol–water partition coefficient (Wildman–Crippen LogP) is -0.148. The lowest BCUT2D eigenvalue weighted by atomic mass is 10.1. The molecule has 0 fully saturated rings. The highest BCUT2D eigenvalue weighted by Crippen LogP contribution is 1.97. The molecule has 0 atom stereocenters. The molecule has 0 aliphatic carbocycles. The van der Waals surface area contributed by atoms with Gasteiger partial charge in [-0.05, 0) is 0 Å². The van der Waals surface area contributed by atoms with Crippen molar-refractivity contribution in [3.05, 3.63) is 35.9 Å². The number of benzene rings is 1. The largest absolute Gasteiger partial charge is 0.352 e. The zero-order valence-corrected chi connectivity index (χ0v) is 7.64. The number of rotatable bonds is 2. The maximum atomic E-state index is 10.9. The first-order chi connectivity index (χ1) is 6.57. The fourth-order valence-corrected chi connectivity index (χ4v) is 0.742. The Labute approximate surface area is 81.9 Å². The van der Waals surface area contributed by atoms with Crippen LogP contribution in [0.15, 0.2) is 30.3 Å². The van der Waals surface area contributed by atoms with Crippen LogP contribution in [0, 0.1) is 0 Å². The summed E-state index contributed by atoms with van der Waals surface area (Å²) >= 11 is 0. The third-order valence-corrected chi connectivity index (χ3v) is 1.28. The summed E-state index contributed by atoms with van der Waals surface area (Å²) in [5, 5.41) is 0. The van der Waals surface area contributed by atoms with Crippen LogP contribution in [0.2, 0.25) is 0 Å². The summed E-state index contributed by atoms with van der Waals surface area (Å²) in [6.45, 7) is 0.0873. The van der Waals surface area contributed by atoms with Crippen LogP contribution >= 0.6 is 0 Å². The fourth-order valence-electron chi connectivity index (χ4n) is 0.742. The molecule has 0 aliphatic heterocycles. The van der Waals surface area contributed by atoms with Gasteiger partial charge in [0.15, 0.2) is 5.78 Å². The first-order valence-corrected chi connectivity index (χ1v) is 3.91. The van der Waals surface area contributed by atoms with E-state index in [0.717, 1.165) is 0 Å². The van der Waals surface area contributed by atoms with E-state index in [1.165, 1.54) is 0 Å². The van der Waals surface area contributed by atoms with E-state index in [9.17, 15) is 4.79 Å². The second kappa shape index (κ2) is 6.62. The Balaban J connectivity index is 0.000000364. The van der Waals surface area contributed by atoms with Gasteiger partial charge in [-0.1, -0.05) is 30.3 Å². The van der Waals surface area contributed by atoms with Gasteiger partial charge in [-0.2, -0.15) is 0 Å². The molecule has 5 heteroatoms. The lowest BCUT2D eigenvalue weighted by molar-refractivity contribution is 0.100. The molecule has 0 radical (unpaired) electrons. The number of urea groups is 1. The number of carbonyl (C=O) groups is 2. The van der Waals surface area contributed by atoms with Crippen molar-refractivity contribution in [1.29, 1.82) is 0 Å². The van der Waals surface area contributed by atoms with Gasteiger partial charge in [-0.15, -0.1) is 0 Å². The number of hydrogen-bond donors (Lipinski definition) is 3. The summed E-state index contributed by atoms with van der Waals surface area (Å²) < 4.78 is 0. The van der Waals surface area contributed by atoms with Crippen LogP contribution in [0.3, 0.4) is 0 Å². The van der Waals surface area contributed by atoms with E-state index in [4.69, 9.17) is 10.5 Å². The van der Waals surface area contributed by atoms with Crippen molar-refractivity contribution in [2.75, 3.05) is 6.54 Å². The highest BCUT2D eigenvalue weighted by molar-refractivity contribution is 5.97. The van der Waals surface area contributed by atoms with E-state index in [1.54, 1.807) is 12.1 Å². The average molecular weight is 195 g/mol. The van der Waals surface area contributed by atoms with Crippen molar-refractivity contribution in [3.63, 3.8) is 0 Å². The maximum Gasteiger partial charge on any atom is 0.309 e. The molecule has 0 spiro atoms. The van der Waals surface area contributed by atoms with Crippen molar-refractivity contribution in [2.45, 2.75) is 0 Å². The van der Waals surface area contributed by atoms with E-state index in [1.807, 2.05) is 18.2 Å². The minimum atomic E-state index is -0.833. The van der Waals surface area contributed by atoms with Crippen LogP contribution in [-0.4, -0.2) is 18.4 Å². The number of Topliss-reactive ketones (excluding diaryl/α,β-unsaturated/α-hetero) is 1. The molecule has 0 aromatic heterocycles. The highest BCUT2D eigenvalue weighted by Gasteiger charge is 1.98. The Morgan fingerprint density at radius 3 is 1.86 bits per heavy atom. The van der Waals surface area contributed by atoms with Crippen molar-refractivity contribution in [3.8, 4) is 0 Å². The van der Waals surface area contributed by atoms with Crippen molar-refractivity contribution in [2.24, 2.45) is 17.2 Å². The minimum absolute atomic E-state index is 0.0133. The van der Waals surface area contributed by atoms with E-state index in [0.29, 0.717) is 5.56 Å². The molecule has 0 saturated carbocycles. The van der Waals surface area contributed by atoms with Crippen LogP contribution in [0.5, 0.6) is 0 Å². The number of carbonyl (C=O) groups excluding carboxylic acids is 2. The van der Waals surface area contributed by atoms with Gasteiger partial charge in [0, 0.05) is 5.56 Å². The first kappa shape index (κ1) is 12.1. The lowest BCUT2D eigenvalue weighted by Crippen LogP contribution is -2.18. The molecule has 1 rings (SSSR count). The van der Waals surface area contributed by atoms with E-state index in [2.05, 4.69) is 11.5 Å². The second-order valence-electron chi connectivity index (χ2n) is 2.40. The van der Waals surface area contributed by atoms with Crippen molar-refractivity contribution in [1.82, 2.24) is 0 Å². The predicted molar refractivity (Wildman–Crippen MR) is 53.6 cm³/mol. The van der Waals surface area contributed by atoms with Crippen LogP contribution in [0.1, 0.15) is 10.4 Å². The normalized spacial score (nSPS) is 8.36. The fraction of sp³-hybridized carbons (Fsp3) is 0.111. The van der Waals surface area contributed by atoms with Gasteiger partial charge in [0.05, 0.1) is 6.54 Å². The van der Waals surface area contributed by atoms with Gasteiger partial charge in [0.2, 0.25) is 0 Å². The monoisotopic (exact) mass is 195 g/mol. The van der Waals surface area contributed by atoms with Crippen molar-refractivity contribution >= 4 is 11.8 Å². The zero-order valence-electron chi connectivity index (χ0n) is 7.64. The number of primary amides is 2. The van der Waals surface area contributed by atoms with Crippen molar-refractivity contribution < 1.29 is 9.59 Å². The van der Waals surface area contributed by atoms with E-state index in [-0.39, 0.29) is 12.3 Å². The Bertz CT molecular complexity index is 294. The van der Waals surface area contributed by atoms with Gasteiger partial charge >= 0.3 is 6.03 Å². The maximum absolute atomic E-state index is 10.9. The first-order valence-electron chi connectivity index (χ1n) is 3.91. The molecule has 0 aliphatic rings. The van der Waals surface area contributed by atoms with Gasteiger partial charge in [-0.25, -0.2) is 4.79 Å². The second-order valence-corrected chi connectivity index (χ2v) is 2.40. The molecule has 14 heavy (non-hydrogen) atoms. The third kappa shape index (κ3) is 5.73. The Morgan fingerprint density at radius 2 is 1.50 bits per heavy atom. The summed E-state index contributed by atoms with van der Waals surface area (Å²) in [5.74, 6) is -0.0133. The summed E-state index contributed by atoms with van der Waals surface area (Å²) in [6.07, 6.45) is 0. The SMILES string of the molecule is NC(N)=O.NCC(=O)c1ccccc1. The quantitative estimate of drug-likeness (QED) is 0.570. The minimum Gasteiger partial charge on any atom is -0.352 e. The summed E-state index contributed by atoms with van der Waals surface area (Å²) in [6, 6.07) is 8.20. The topological polar surface area (TPSA) is 112 Å². The van der Waals surface area contributed by atoms with Crippen LogP contribution < -0.4 is 17.2 Å². The van der Waals surface area contributed by atoms with Crippen LogP contribution in [-0.2, 0) is 0 Å². The molecule has 0 bridgehead atoms. The Kier molecular flexibility index (Phi) is 5.73. The van der Waals surface area contributed by atoms with Crippen LogP contribution in [0.4, 0.5) is 4.79 Å². The molecule has 0 unspecified atom stereocenters. The van der Waals surface area contributed by atoms with Gasteiger partial charge < -0.3 is 17.2 Å². The molecule has 5 nitrogen and oxygen atoms in total. The molecule has 76 valence electrons. The molecular formula is C9H13N3O2. The smallest absolute Gasteiger partial charge is 0.309 e. The summed E-state index contributed by atoms with van der Waals surface area (Å²) in [5.41, 5.74) is 14.3. The van der Waals surface area contributed by atoms with E-state index < -0.39 is 6.03 Å². The lowest BCUT2D eigenvalue weighted by Gasteiger charge is -1.93.